The van der Waals surface area contributed by atoms with Crippen molar-refractivity contribution in [3.63, 3.8) is 0 Å². The van der Waals surface area contributed by atoms with Gasteiger partial charge in [-0.25, -0.2) is 17.5 Å². The number of aliphatic hydroxyl groups is 1. The summed E-state index contributed by atoms with van der Waals surface area (Å²) in [4.78, 5) is 14.9. The summed E-state index contributed by atoms with van der Waals surface area (Å²) in [7, 11) is -4.24. The number of rotatable bonds is 8. The van der Waals surface area contributed by atoms with Crippen molar-refractivity contribution in [1.29, 1.82) is 0 Å². The second-order valence-corrected chi connectivity index (χ2v) is 12.1. The predicted molar refractivity (Wildman–Crippen MR) is 138 cm³/mol. The maximum absolute atomic E-state index is 14.3. The summed E-state index contributed by atoms with van der Waals surface area (Å²) in [5, 5.41) is 10.6. The highest BCUT2D eigenvalue weighted by Crippen LogP contribution is 2.31. The zero-order chi connectivity index (χ0) is 26.8. The molecule has 0 atom stereocenters. The Labute approximate surface area is 213 Å². The summed E-state index contributed by atoms with van der Waals surface area (Å²) < 4.78 is 48.5. The first-order chi connectivity index (χ1) is 16.7. The lowest BCUT2D eigenvalue weighted by Crippen LogP contribution is -2.37. The van der Waals surface area contributed by atoms with E-state index in [0.29, 0.717) is 54.2 Å². The molecule has 0 bridgehead atoms. The van der Waals surface area contributed by atoms with Crippen LogP contribution in [0.25, 0.3) is 0 Å². The molecule has 3 rings (SSSR count). The Morgan fingerprint density at radius 1 is 1.06 bits per heavy atom. The zero-order valence-corrected chi connectivity index (χ0v) is 22.7. The van der Waals surface area contributed by atoms with Crippen LogP contribution in [0.3, 0.4) is 0 Å². The lowest BCUT2D eigenvalue weighted by Gasteiger charge is -2.30. The number of benzene rings is 2. The Balaban J connectivity index is 1.96. The van der Waals surface area contributed by atoms with E-state index in [0.717, 1.165) is 0 Å². The number of carbonyl (C=O) groups excluding carboxylic acids is 1. The van der Waals surface area contributed by atoms with E-state index in [2.05, 4.69) is 4.72 Å². The number of halogens is 1. The quantitative estimate of drug-likeness (QED) is 0.542. The fourth-order valence-corrected chi connectivity index (χ4v) is 5.46. The van der Waals surface area contributed by atoms with E-state index in [9.17, 15) is 22.7 Å². The van der Waals surface area contributed by atoms with E-state index >= 15 is 0 Å². The van der Waals surface area contributed by atoms with Gasteiger partial charge in [-0.3, -0.25) is 4.79 Å². The van der Waals surface area contributed by atoms with Gasteiger partial charge in [0.1, 0.15) is 5.82 Å². The number of morpholine rings is 1. The molecule has 0 aliphatic carbocycles. The molecule has 1 aliphatic rings. The van der Waals surface area contributed by atoms with Crippen molar-refractivity contribution in [3.8, 4) is 0 Å². The van der Waals surface area contributed by atoms with Crippen LogP contribution in [-0.2, 0) is 31.6 Å². The van der Waals surface area contributed by atoms with Gasteiger partial charge in [-0.2, -0.15) is 0 Å². The second-order valence-electron chi connectivity index (χ2n) is 10.5. The topological polar surface area (TPSA) is 95.9 Å². The van der Waals surface area contributed by atoms with E-state index in [1.54, 1.807) is 19.9 Å². The lowest BCUT2D eigenvalue weighted by molar-refractivity contribution is -0.118. The number of anilines is 1. The number of hydrogen-bond acceptors (Lipinski definition) is 6. The van der Waals surface area contributed by atoms with Crippen molar-refractivity contribution in [1.82, 2.24) is 4.72 Å². The molecule has 0 saturated carbocycles. The molecule has 0 unspecified atom stereocenters. The Morgan fingerprint density at radius 2 is 1.61 bits per heavy atom. The molecule has 198 valence electrons. The molecular formula is C27H37FN2O5S. The highest BCUT2D eigenvalue weighted by atomic mass is 32.2. The van der Waals surface area contributed by atoms with Crippen molar-refractivity contribution in [3.05, 3.63) is 58.4 Å². The number of sulfonamides is 1. The predicted octanol–water partition coefficient (Wildman–Crippen LogP) is 4.18. The monoisotopic (exact) mass is 520 g/mol. The Morgan fingerprint density at radius 3 is 2.11 bits per heavy atom. The molecule has 36 heavy (non-hydrogen) atoms. The van der Waals surface area contributed by atoms with Gasteiger partial charge in [0.15, 0.2) is 0 Å². The Kier molecular flexibility index (Phi) is 8.48. The van der Waals surface area contributed by atoms with Crippen LogP contribution >= 0.6 is 0 Å². The molecule has 1 heterocycles. The molecule has 2 aromatic rings. The highest BCUT2D eigenvalue weighted by molar-refractivity contribution is 7.90. The van der Waals surface area contributed by atoms with E-state index < -0.39 is 21.5 Å². The largest absolute Gasteiger partial charge is 0.386 e. The molecule has 0 radical (unpaired) electrons. The van der Waals surface area contributed by atoms with Gasteiger partial charge in [-0.05, 0) is 78.3 Å². The first-order valence-electron chi connectivity index (χ1n) is 12.3. The molecule has 1 saturated heterocycles. The zero-order valence-electron chi connectivity index (χ0n) is 21.9. The van der Waals surface area contributed by atoms with Crippen molar-refractivity contribution in [2.45, 2.75) is 70.3 Å². The number of hydrogen-bond donors (Lipinski definition) is 2. The maximum atomic E-state index is 14.3. The first-order valence-corrected chi connectivity index (χ1v) is 13.8. The van der Waals surface area contributed by atoms with E-state index in [1.165, 1.54) is 24.3 Å². The first kappa shape index (κ1) is 28.1. The van der Waals surface area contributed by atoms with Crippen LogP contribution in [-0.4, -0.2) is 45.7 Å². The van der Waals surface area contributed by atoms with Gasteiger partial charge < -0.3 is 14.7 Å². The van der Waals surface area contributed by atoms with Crippen LogP contribution in [0, 0.1) is 5.82 Å². The number of amides is 1. The van der Waals surface area contributed by atoms with Crippen LogP contribution in [0.5, 0.6) is 0 Å². The third-order valence-corrected chi connectivity index (χ3v) is 7.75. The third-order valence-electron chi connectivity index (χ3n) is 6.40. The summed E-state index contributed by atoms with van der Waals surface area (Å²) >= 11 is 0. The van der Waals surface area contributed by atoms with Crippen molar-refractivity contribution in [2.24, 2.45) is 0 Å². The molecule has 1 amide bonds. The summed E-state index contributed by atoms with van der Waals surface area (Å²) in [5.41, 5.74) is 1.78. The molecule has 7 nitrogen and oxygen atoms in total. The fraction of sp³-hybridized carbons (Fsp3) is 0.519. The van der Waals surface area contributed by atoms with Crippen LogP contribution in [0.4, 0.5) is 10.1 Å². The van der Waals surface area contributed by atoms with E-state index in [4.69, 9.17) is 4.74 Å². The van der Waals surface area contributed by atoms with Crippen LogP contribution in [0.15, 0.2) is 35.2 Å². The fourth-order valence-electron chi connectivity index (χ4n) is 4.42. The smallest absolute Gasteiger partial charge is 0.264 e. The molecule has 0 aromatic heterocycles. The summed E-state index contributed by atoms with van der Waals surface area (Å²) in [6.07, 6.45) is -0.192. The average Bonchev–Trinajstić information content (AvgIpc) is 2.79. The van der Waals surface area contributed by atoms with E-state index in [1.807, 2.05) is 32.6 Å². The molecule has 0 spiro atoms. The Bertz CT molecular complexity index is 1180. The second kappa shape index (κ2) is 10.9. The van der Waals surface area contributed by atoms with Gasteiger partial charge in [0.2, 0.25) is 5.91 Å². The standard InChI is InChI=1S/C27H37FN2O5S/c1-17(2)23-13-20(28)14-24(18(3)4)25(23)16-26(31)29-36(33,34)22-12-19(27(5,6)32)11-21(15-22)30-7-9-35-10-8-30/h11-15,17-18,32H,7-10,16H2,1-6H3,(H,29,31). The van der Waals surface area contributed by atoms with Crippen molar-refractivity contribution in [2.75, 3.05) is 31.2 Å². The van der Waals surface area contributed by atoms with Gasteiger partial charge in [0.05, 0.1) is 30.1 Å². The van der Waals surface area contributed by atoms with Gasteiger partial charge in [0.25, 0.3) is 10.0 Å². The van der Waals surface area contributed by atoms with Crippen LogP contribution < -0.4 is 9.62 Å². The third kappa shape index (κ3) is 6.63. The SMILES string of the molecule is CC(C)c1cc(F)cc(C(C)C)c1CC(=O)NS(=O)(=O)c1cc(N2CCOCC2)cc(C(C)(C)O)c1. The lowest BCUT2D eigenvalue weighted by atomic mass is 9.87. The number of nitrogens with one attached hydrogen (secondary N) is 1. The molecule has 2 N–H and O–H groups in total. The van der Waals surface area contributed by atoms with Crippen molar-refractivity contribution >= 4 is 21.6 Å². The van der Waals surface area contributed by atoms with Crippen molar-refractivity contribution < 1.29 is 27.4 Å². The summed E-state index contributed by atoms with van der Waals surface area (Å²) in [6.45, 7) is 13.0. The van der Waals surface area contributed by atoms with Crippen LogP contribution in [0.2, 0.25) is 0 Å². The molecule has 9 heteroatoms. The number of carbonyl (C=O) groups is 1. The molecule has 1 aliphatic heterocycles. The van der Waals surface area contributed by atoms with Gasteiger partial charge in [0, 0.05) is 18.8 Å². The minimum absolute atomic E-state index is 0.0443. The van der Waals surface area contributed by atoms with Gasteiger partial charge in [-0.1, -0.05) is 27.7 Å². The molecule has 2 aromatic carbocycles. The average molecular weight is 521 g/mol. The highest BCUT2D eigenvalue weighted by Gasteiger charge is 2.27. The summed E-state index contributed by atoms with van der Waals surface area (Å²) in [5.74, 6) is -1.17. The Hall–Kier alpha value is -2.49. The molecular weight excluding hydrogens is 483 g/mol. The summed E-state index contributed by atoms with van der Waals surface area (Å²) in [6, 6.07) is 7.47. The van der Waals surface area contributed by atoms with Gasteiger partial charge >= 0.3 is 0 Å². The van der Waals surface area contributed by atoms with Crippen LogP contribution in [0.1, 0.15) is 75.6 Å². The number of nitrogens with zero attached hydrogens (tertiary/aromatic N) is 1. The van der Waals surface area contributed by atoms with Gasteiger partial charge in [-0.15, -0.1) is 0 Å². The normalized spacial score (nSPS) is 15.0. The number of ether oxygens (including phenoxy) is 1. The maximum Gasteiger partial charge on any atom is 0.264 e. The minimum Gasteiger partial charge on any atom is -0.386 e. The molecule has 1 fully saturated rings. The van der Waals surface area contributed by atoms with E-state index in [-0.39, 0.29) is 29.0 Å². The minimum atomic E-state index is -4.24.